The second kappa shape index (κ2) is 4.18. The van der Waals surface area contributed by atoms with Gasteiger partial charge in [-0.1, -0.05) is 11.6 Å². The molecule has 0 spiro atoms. The second-order valence-corrected chi connectivity index (χ2v) is 4.12. The number of amides is 1. The highest BCUT2D eigenvalue weighted by Crippen LogP contribution is 2.27. The van der Waals surface area contributed by atoms with Crippen LogP contribution in [0.5, 0.6) is 0 Å². The van der Waals surface area contributed by atoms with Gasteiger partial charge >= 0.3 is 0 Å². The second-order valence-electron chi connectivity index (χ2n) is 3.71. The van der Waals surface area contributed by atoms with Gasteiger partial charge in [-0.15, -0.1) is 0 Å². The monoisotopic (exact) mass is 237 g/mol. The lowest BCUT2D eigenvalue weighted by atomic mass is 10.1. The van der Waals surface area contributed by atoms with Crippen molar-refractivity contribution >= 4 is 28.5 Å². The van der Waals surface area contributed by atoms with Crippen molar-refractivity contribution in [2.45, 2.75) is 13.3 Å². The predicted octanol–water partition coefficient (Wildman–Crippen LogP) is 2.68. The zero-order chi connectivity index (χ0) is 11.7. The Labute approximate surface area is 98.4 Å². The van der Waals surface area contributed by atoms with Crippen molar-refractivity contribution in [3.63, 3.8) is 0 Å². The zero-order valence-corrected chi connectivity index (χ0v) is 9.89. The molecule has 4 heteroatoms. The molecule has 0 saturated heterocycles. The van der Waals surface area contributed by atoms with Crippen molar-refractivity contribution in [2.75, 3.05) is 7.05 Å². The Balaban J connectivity index is 2.48. The van der Waals surface area contributed by atoms with Crippen LogP contribution in [0, 0.1) is 6.92 Å². The number of rotatable bonds is 2. The Morgan fingerprint density at radius 2 is 2.25 bits per heavy atom. The summed E-state index contributed by atoms with van der Waals surface area (Å²) in [6.07, 6.45) is 1.92. The fourth-order valence-electron chi connectivity index (χ4n) is 1.60. The molecule has 0 aliphatic carbocycles. The van der Waals surface area contributed by atoms with E-state index < -0.39 is 0 Å². The summed E-state index contributed by atoms with van der Waals surface area (Å²) in [7, 11) is 1.61. The van der Waals surface area contributed by atoms with Crippen LogP contribution in [0.1, 0.15) is 11.1 Å². The number of nitrogens with one attached hydrogen (secondary N) is 1. The van der Waals surface area contributed by atoms with E-state index in [0.29, 0.717) is 11.4 Å². The molecule has 0 aliphatic rings. The number of carbonyl (C=O) groups is 1. The molecule has 16 heavy (non-hydrogen) atoms. The number of fused-ring (bicyclic) bond motifs is 1. The van der Waals surface area contributed by atoms with E-state index in [0.717, 1.165) is 22.1 Å². The van der Waals surface area contributed by atoms with E-state index in [-0.39, 0.29) is 5.91 Å². The molecule has 1 aromatic heterocycles. The third-order valence-electron chi connectivity index (χ3n) is 2.56. The minimum Gasteiger partial charge on any atom is -0.464 e. The van der Waals surface area contributed by atoms with Crippen molar-refractivity contribution in [1.82, 2.24) is 5.32 Å². The normalized spacial score (nSPS) is 10.7. The quantitative estimate of drug-likeness (QED) is 0.873. The molecule has 1 aromatic carbocycles. The van der Waals surface area contributed by atoms with Crippen LogP contribution in [0.25, 0.3) is 11.0 Å². The van der Waals surface area contributed by atoms with E-state index in [1.54, 1.807) is 13.3 Å². The van der Waals surface area contributed by atoms with Gasteiger partial charge < -0.3 is 9.73 Å². The first-order chi connectivity index (χ1) is 7.61. The third kappa shape index (κ3) is 1.91. The average molecular weight is 238 g/mol. The number of hydrogen-bond acceptors (Lipinski definition) is 2. The highest BCUT2D eigenvalue weighted by molar-refractivity contribution is 6.32. The molecule has 1 amide bonds. The first-order valence-corrected chi connectivity index (χ1v) is 5.36. The summed E-state index contributed by atoms with van der Waals surface area (Å²) in [5, 5.41) is 4.17. The molecule has 0 bridgehead atoms. The highest BCUT2D eigenvalue weighted by atomic mass is 35.5. The summed E-state index contributed by atoms with van der Waals surface area (Å²) in [5.74, 6) is -0.0422. The molecule has 2 rings (SSSR count). The van der Waals surface area contributed by atoms with E-state index >= 15 is 0 Å². The van der Waals surface area contributed by atoms with E-state index in [2.05, 4.69) is 5.32 Å². The summed E-state index contributed by atoms with van der Waals surface area (Å²) >= 11 is 6.04. The molecule has 3 nitrogen and oxygen atoms in total. The average Bonchev–Trinajstić information content (AvgIpc) is 2.62. The Morgan fingerprint density at radius 3 is 2.94 bits per heavy atom. The van der Waals surface area contributed by atoms with E-state index in [4.69, 9.17) is 16.0 Å². The topological polar surface area (TPSA) is 42.2 Å². The number of benzene rings is 1. The van der Waals surface area contributed by atoms with Gasteiger partial charge in [0.2, 0.25) is 5.91 Å². The van der Waals surface area contributed by atoms with Crippen LogP contribution in [0.15, 0.2) is 22.8 Å². The van der Waals surface area contributed by atoms with Gasteiger partial charge in [-0.2, -0.15) is 0 Å². The summed E-state index contributed by atoms with van der Waals surface area (Å²) in [6.45, 7) is 1.92. The summed E-state index contributed by atoms with van der Waals surface area (Å²) in [4.78, 5) is 11.3. The van der Waals surface area contributed by atoms with Gasteiger partial charge in [0.25, 0.3) is 0 Å². The lowest BCUT2D eigenvalue weighted by molar-refractivity contribution is -0.119. The molecule has 1 N–H and O–H groups in total. The predicted molar refractivity (Wildman–Crippen MR) is 63.7 cm³/mol. The first-order valence-electron chi connectivity index (χ1n) is 4.98. The van der Waals surface area contributed by atoms with Gasteiger partial charge in [0, 0.05) is 23.0 Å². The zero-order valence-electron chi connectivity index (χ0n) is 9.13. The highest BCUT2D eigenvalue weighted by Gasteiger charge is 2.11. The number of aryl methyl sites for hydroxylation is 1. The Kier molecular flexibility index (Phi) is 2.88. The van der Waals surface area contributed by atoms with Gasteiger partial charge in [0.05, 0.1) is 12.7 Å². The molecular formula is C12H12ClNO2. The molecule has 2 aromatic rings. The van der Waals surface area contributed by atoms with Crippen molar-refractivity contribution < 1.29 is 9.21 Å². The lowest BCUT2D eigenvalue weighted by Gasteiger charge is -1.99. The summed E-state index contributed by atoms with van der Waals surface area (Å²) < 4.78 is 5.39. The van der Waals surface area contributed by atoms with Gasteiger partial charge in [-0.05, 0) is 24.6 Å². The number of halogens is 1. The minimum atomic E-state index is -0.0422. The minimum absolute atomic E-state index is 0.0422. The molecule has 0 radical (unpaired) electrons. The standard InChI is InChI=1S/C12H12ClNO2/c1-7-3-11-9(5-10(7)13)8(6-16-11)4-12(15)14-2/h3,5-6H,4H2,1-2H3,(H,14,15). The third-order valence-corrected chi connectivity index (χ3v) is 2.97. The number of furan rings is 1. The van der Waals surface area contributed by atoms with E-state index in [9.17, 15) is 4.79 Å². The first kappa shape index (κ1) is 11.0. The van der Waals surface area contributed by atoms with Gasteiger partial charge in [-0.25, -0.2) is 0 Å². The fraction of sp³-hybridized carbons (Fsp3) is 0.250. The van der Waals surface area contributed by atoms with Crippen LogP contribution in [-0.2, 0) is 11.2 Å². The molecule has 1 heterocycles. The fourth-order valence-corrected chi connectivity index (χ4v) is 1.76. The van der Waals surface area contributed by atoms with Crippen LogP contribution >= 0.6 is 11.6 Å². The van der Waals surface area contributed by atoms with Crippen LogP contribution in [0.4, 0.5) is 0 Å². The van der Waals surface area contributed by atoms with Crippen molar-refractivity contribution in [2.24, 2.45) is 0 Å². The van der Waals surface area contributed by atoms with Crippen molar-refractivity contribution in [1.29, 1.82) is 0 Å². The van der Waals surface area contributed by atoms with Crippen molar-refractivity contribution in [3.05, 3.63) is 34.5 Å². The summed E-state index contributed by atoms with van der Waals surface area (Å²) in [6, 6.07) is 3.72. The molecule has 0 fully saturated rings. The van der Waals surface area contributed by atoms with E-state index in [1.807, 2.05) is 19.1 Å². The largest absolute Gasteiger partial charge is 0.464 e. The smallest absolute Gasteiger partial charge is 0.224 e. The van der Waals surface area contributed by atoms with Crippen molar-refractivity contribution in [3.8, 4) is 0 Å². The lowest BCUT2D eigenvalue weighted by Crippen LogP contribution is -2.19. The van der Waals surface area contributed by atoms with Gasteiger partial charge in [0.1, 0.15) is 5.58 Å². The van der Waals surface area contributed by atoms with Crippen LogP contribution in [0.2, 0.25) is 5.02 Å². The van der Waals surface area contributed by atoms with Gasteiger partial charge in [0.15, 0.2) is 0 Å². The van der Waals surface area contributed by atoms with Gasteiger partial charge in [-0.3, -0.25) is 4.79 Å². The Hall–Kier alpha value is -1.48. The summed E-state index contributed by atoms with van der Waals surface area (Å²) in [5.41, 5.74) is 2.59. The Morgan fingerprint density at radius 1 is 1.50 bits per heavy atom. The number of carbonyl (C=O) groups excluding carboxylic acids is 1. The van der Waals surface area contributed by atoms with Crippen LogP contribution < -0.4 is 5.32 Å². The molecular weight excluding hydrogens is 226 g/mol. The van der Waals surface area contributed by atoms with Crippen LogP contribution in [0.3, 0.4) is 0 Å². The Bertz CT molecular complexity index is 545. The SMILES string of the molecule is CNC(=O)Cc1coc2cc(C)c(Cl)cc12. The maximum Gasteiger partial charge on any atom is 0.224 e. The molecule has 84 valence electrons. The molecule has 0 atom stereocenters. The molecule has 0 unspecified atom stereocenters. The number of hydrogen-bond donors (Lipinski definition) is 1. The molecule has 0 aliphatic heterocycles. The molecule has 0 saturated carbocycles. The number of likely N-dealkylation sites (N-methyl/N-ethyl adjacent to an activating group) is 1. The maximum absolute atomic E-state index is 11.3. The maximum atomic E-state index is 11.3. The van der Waals surface area contributed by atoms with E-state index in [1.165, 1.54) is 0 Å². The van der Waals surface area contributed by atoms with Crippen LogP contribution in [-0.4, -0.2) is 13.0 Å².